The highest BCUT2D eigenvalue weighted by molar-refractivity contribution is 9.10. The van der Waals surface area contributed by atoms with Gasteiger partial charge in [0, 0.05) is 17.6 Å². The Kier molecular flexibility index (Phi) is 6.15. The first-order chi connectivity index (χ1) is 14.2. The van der Waals surface area contributed by atoms with Gasteiger partial charge in [0.2, 0.25) is 0 Å². The molecule has 0 amide bonds. The molecule has 0 saturated heterocycles. The van der Waals surface area contributed by atoms with Crippen molar-refractivity contribution in [2.75, 3.05) is 19.0 Å². The third-order valence-corrected chi connectivity index (χ3v) is 5.81. The number of nitrogens with zero attached hydrogens (tertiary/aromatic N) is 2. The second-order valence-corrected chi connectivity index (χ2v) is 7.89. The smallest absolute Gasteiger partial charge is 0.199 e. The lowest BCUT2D eigenvalue weighted by Gasteiger charge is -2.32. The summed E-state index contributed by atoms with van der Waals surface area (Å²) >= 11 is 3.64. The summed E-state index contributed by atoms with van der Waals surface area (Å²) in [5.74, 6) is 1.75. The van der Waals surface area contributed by atoms with Gasteiger partial charge in [0.25, 0.3) is 0 Å². The Labute approximate surface area is 180 Å². The first-order valence-electron chi connectivity index (χ1n) is 9.73. The van der Waals surface area contributed by atoms with E-state index < -0.39 is 0 Å². The molecule has 0 saturated carbocycles. The molecule has 0 radical (unpaired) electrons. The van der Waals surface area contributed by atoms with Gasteiger partial charge in [0.1, 0.15) is 5.75 Å². The maximum absolute atomic E-state index is 5.25. The molecule has 1 aliphatic heterocycles. The van der Waals surface area contributed by atoms with Gasteiger partial charge >= 0.3 is 0 Å². The third-order valence-electron chi connectivity index (χ3n) is 5.12. The van der Waals surface area contributed by atoms with Crippen LogP contribution in [0.2, 0.25) is 0 Å². The molecule has 3 aromatic rings. The Hall–Kier alpha value is -2.79. The molecule has 1 N–H and O–H groups in total. The molecule has 0 unspecified atom stereocenters. The first-order valence-corrected chi connectivity index (χ1v) is 10.5. The minimum absolute atomic E-state index is 0.606. The van der Waals surface area contributed by atoms with Crippen molar-refractivity contribution >= 4 is 27.6 Å². The van der Waals surface area contributed by atoms with Crippen molar-refractivity contribution in [3.8, 4) is 5.75 Å². The Morgan fingerprint density at radius 3 is 2.48 bits per heavy atom. The van der Waals surface area contributed by atoms with E-state index in [0.717, 1.165) is 46.9 Å². The van der Waals surface area contributed by atoms with E-state index in [1.165, 1.54) is 11.1 Å². The molecular formula is C24H24BrN3O. The summed E-state index contributed by atoms with van der Waals surface area (Å²) in [5.41, 5.74) is 4.96. The number of halogens is 1. The van der Waals surface area contributed by atoms with Crippen LogP contribution in [-0.4, -0.2) is 24.5 Å². The number of para-hydroxylation sites is 1. The lowest BCUT2D eigenvalue weighted by atomic mass is 10.0. The average molecular weight is 450 g/mol. The van der Waals surface area contributed by atoms with Crippen LogP contribution in [-0.2, 0) is 19.5 Å². The predicted molar refractivity (Wildman–Crippen MR) is 122 cm³/mol. The SMILES string of the molecule is COc1ccc(CN=C(Nc2ccccc2Br)N2CCc3ccccc3C2)cc1. The molecule has 4 rings (SSSR count). The number of benzene rings is 3. The van der Waals surface area contributed by atoms with E-state index >= 15 is 0 Å². The fourth-order valence-corrected chi connectivity index (χ4v) is 3.86. The Balaban J connectivity index is 1.59. The monoisotopic (exact) mass is 449 g/mol. The van der Waals surface area contributed by atoms with Crippen LogP contribution in [0.3, 0.4) is 0 Å². The van der Waals surface area contributed by atoms with Gasteiger partial charge in [-0.25, -0.2) is 4.99 Å². The number of hydrogen-bond acceptors (Lipinski definition) is 2. The van der Waals surface area contributed by atoms with Gasteiger partial charge in [-0.3, -0.25) is 0 Å². The number of guanidine groups is 1. The molecule has 148 valence electrons. The van der Waals surface area contributed by atoms with E-state index in [0.29, 0.717) is 6.54 Å². The third kappa shape index (κ3) is 4.80. The summed E-state index contributed by atoms with van der Waals surface area (Å²) in [6.45, 7) is 2.40. The molecule has 0 aromatic heterocycles. The van der Waals surface area contributed by atoms with E-state index in [9.17, 15) is 0 Å². The van der Waals surface area contributed by atoms with E-state index in [1.807, 2.05) is 30.3 Å². The standard InChI is InChI=1S/C24H24BrN3O/c1-29-21-12-10-18(11-13-21)16-26-24(27-23-9-5-4-8-22(23)25)28-15-14-19-6-2-3-7-20(19)17-28/h2-13H,14-17H2,1H3,(H,26,27). The van der Waals surface area contributed by atoms with Crippen molar-refractivity contribution in [1.29, 1.82) is 0 Å². The number of rotatable bonds is 4. The van der Waals surface area contributed by atoms with Crippen LogP contribution in [0.25, 0.3) is 0 Å². The molecule has 4 nitrogen and oxygen atoms in total. The lowest BCUT2D eigenvalue weighted by Crippen LogP contribution is -2.40. The number of ether oxygens (including phenoxy) is 1. The molecule has 1 heterocycles. The first kappa shape index (κ1) is 19.5. The highest BCUT2D eigenvalue weighted by atomic mass is 79.9. The molecule has 0 spiro atoms. The fourth-order valence-electron chi connectivity index (χ4n) is 3.48. The van der Waals surface area contributed by atoms with Crippen molar-refractivity contribution in [3.05, 3.63) is 94.0 Å². The van der Waals surface area contributed by atoms with Gasteiger partial charge in [0.05, 0.1) is 19.3 Å². The normalized spacial score (nSPS) is 13.7. The minimum atomic E-state index is 0.606. The molecule has 3 aromatic carbocycles. The number of anilines is 1. The maximum atomic E-state index is 5.25. The predicted octanol–water partition coefficient (Wildman–Crippen LogP) is 5.48. The van der Waals surface area contributed by atoms with Gasteiger partial charge in [-0.05, 0) is 63.3 Å². The van der Waals surface area contributed by atoms with E-state index in [2.05, 4.69) is 68.6 Å². The molecule has 5 heteroatoms. The van der Waals surface area contributed by atoms with Crippen molar-refractivity contribution in [2.45, 2.75) is 19.5 Å². The molecule has 0 aliphatic carbocycles. The number of fused-ring (bicyclic) bond motifs is 1. The summed E-state index contributed by atoms with van der Waals surface area (Å²) in [6.07, 6.45) is 1.02. The minimum Gasteiger partial charge on any atom is -0.497 e. The summed E-state index contributed by atoms with van der Waals surface area (Å²) in [4.78, 5) is 7.28. The zero-order chi connectivity index (χ0) is 20.1. The van der Waals surface area contributed by atoms with Gasteiger partial charge in [0.15, 0.2) is 5.96 Å². The summed E-state index contributed by atoms with van der Waals surface area (Å²) in [6, 6.07) is 24.9. The largest absolute Gasteiger partial charge is 0.497 e. The van der Waals surface area contributed by atoms with Crippen LogP contribution in [0.15, 0.2) is 82.3 Å². The number of aliphatic imine (C=N–C) groups is 1. The van der Waals surface area contributed by atoms with Crippen LogP contribution in [0.1, 0.15) is 16.7 Å². The zero-order valence-electron chi connectivity index (χ0n) is 16.4. The Morgan fingerprint density at radius 2 is 1.72 bits per heavy atom. The molecular weight excluding hydrogens is 426 g/mol. The van der Waals surface area contributed by atoms with Gasteiger partial charge in [-0.2, -0.15) is 0 Å². The van der Waals surface area contributed by atoms with Crippen molar-refractivity contribution in [2.24, 2.45) is 4.99 Å². The van der Waals surface area contributed by atoms with Crippen LogP contribution >= 0.6 is 15.9 Å². The van der Waals surface area contributed by atoms with Gasteiger partial charge in [-0.1, -0.05) is 48.5 Å². The lowest BCUT2D eigenvalue weighted by molar-refractivity contribution is 0.391. The molecule has 0 fully saturated rings. The average Bonchev–Trinajstić information content (AvgIpc) is 2.78. The van der Waals surface area contributed by atoms with Gasteiger partial charge < -0.3 is 15.0 Å². The number of nitrogens with one attached hydrogen (secondary N) is 1. The molecule has 0 bridgehead atoms. The summed E-state index contributed by atoms with van der Waals surface area (Å²) in [7, 11) is 1.68. The molecule has 0 atom stereocenters. The molecule has 1 aliphatic rings. The van der Waals surface area contributed by atoms with E-state index in [4.69, 9.17) is 9.73 Å². The second-order valence-electron chi connectivity index (χ2n) is 7.03. The Bertz CT molecular complexity index is 1000. The second kappa shape index (κ2) is 9.14. The van der Waals surface area contributed by atoms with E-state index in [-0.39, 0.29) is 0 Å². The van der Waals surface area contributed by atoms with Crippen molar-refractivity contribution in [1.82, 2.24) is 4.90 Å². The number of methoxy groups -OCH3 is 1. The number of hydrogen-bond donors (Lipinski definition) is 1. The zero-order valence-corrected chi connectivity index (χ0v) is 18.0. The van der Waals surface area contributed by atoms with Crippen LogP contribution < -0.4 is 10.1 Å². The maximum Gasteiger partial charge on any atom is 0.199 e. The van der Waals surface area contributed by atoms with E-state index in [1.54, 1.807) is 7.11 Å². The fraction of sp³-hybridized carbons (Fsp3) is 0.208. The van der Waals surface area contributed by atoms with Crippen LogP contribution in [0.5, 0.6) is 5.75 Å². The topological polar surface area (TPSA) is 36.9 Å². The van der Waals surface area contributed by atoms with Crippen LogP contribution in [0.4, 0.5) is 5.69 Å². The van der Waals surface area contributed by atoms with Gasteiger partial charge in [-0.15, -0.1) is 0 Å². The Morgan fingerprint density at radius 1 is 1.00 bits per heavy atom. The highest BCUT2D eigenvalue weighted by Crippen LogP contribution is 2.24. The van der Waals surface area contributed by atoms with Crippen LogP contribution in [0, 0.1) is 0 Å². The summed E-state index contributed by atoms with van der Waals surface area (Å²) in [5, 5.41) is 3.54. The van der Waals surface area contributed by atoms with Crippen molar-refractivity contribution in [3.63, 3.8) is 0 Å². The highest BCUT2D eigenvalue weighted by Gasteiger charge is 2.19. The molecule has 29 heavy (non-hydrogen) atoms. The quantitative estimate of drug-likeness (QED) is 0.422. The summed E-state index contributed by atoms with van der Waals surface area (Å²) < 4.78 is 6.28. The van der Waals surface area contributed by atoms with Crippen molar-refractivity contribution < 1.29 is 4.74 Å².